The lowest BCUT2D eigenvalue weighted by molar-refractivity contribution is -0.143. The van der Waals surface area contributed by atoms with Crippen LogP contribution < -0.4 is 5.73 Å². The van der Waals surface area contributed by atoms with Crippen LogP contribution in [0, 0.1) is 0 Å². The Bertz CT molecular complexity index is 412. The molecule has 0 amide bonds. The summed E-state index contributed by atoms with van der Waals surface area (Å²) in [6.07, 6.45) is 0.696. The average Bonchev–Trinajstić information content (AvgIpc) is 2.37. The van der Waals surface area contributed by atoms with E-state index < -0.39 is 12.0 Å². The van der Waals surface area contributed by atoms with Gasteiger partial charge in [-0.2, -0.15) is 0 Å². The van der Waals surface area contributed by atoms with E-state index in [2.05, 4.69) is 30.0 Å². The van der Waals surface area contributed by atoms with Gasteiger partial charge >= 0.3 is 5.97 Å². The second kappa shape index (κ2) is 7.68. The monoisotopic (exact) mass is 287 g/mol. The molecule has 0 heterocycles. The van der Waals surface area contributed by atoms with Crippen molar-refractivity contribution in [3.63, 3.8) is 0 Å². The molecule has 4 nitrogen and oxygen atoms in total. The molecule has 1 rings (SSSR count). The summed E-state index contributed by atoms with van der Waals surface area (Å²) in [5.74, 6) is -0.470. The molecule has 0 aliphatic carbocycles. The smallest absolute Gasteiger partial charge is 0.325 e. The SMILES string of the molecule is COC(=O)[C@H](N)COCCc1cc(S)ccc1S. The maximum Gasteiger partial charge on any atom is 0.325 e. The van der Waals surface area contributed by atoms with Crippen molar-refractivity contribution in [2.75, 3.05) is 20.3 Å². The predicted octanol–water partition coefficient (Wildman–Crippen LogP) is 1.32. The Labute approximate surface area is 118 Å². The first-order valence-electron chi connectivity index (χ1n) is 5.46. The van der Waals surface area contributed by atoms with Crippen LogP contribution in [0.25, 0.3) is 0 Å². The van der Waals surface area contributed by atoms with E-state index in [9.17, 15) is 4.79 Å². The van der Waals surface area contributed by atoms with E-state index in [1.807, 2.05) is 18.2 Å². The number of ether oxygens (including phenoxy) is 2. The van der Waals surface area contributed by atoms with Gasteiger partial charge in [0.2, 0.25) is 0 Å². The van der Waals surface area contributed by atoms with E-state index in [4.69, 9.17) is 10.5 Å². The van der Waals surface area contributed by atoms with Crippen LogP contribution in [0.15, 0.2) is 28.0 Å². The van der Waals surface area contributed by atoms with Gasteiger partial charge in [-0.1, -0.05) is 0 Å². The number of benzene rings is 1. The number of carbonyl (C=O) groups excluding carboxylic acids is 1. The Morgan fingerprint density at radius 3 is 2.83 bits per heavy atom. The van der Waals surface area contributed by atoms with Gasteiger partial charge in [-0.15, -0.1) is 25.3 Å². The van der Waals surface area contributed by atoms with Crippen molar-refractivity contribution in [1.29, 1.82) is 0 Å². The number of rotatable bonds is 6. The molecule has 0 radical (unpaired) electrons. The topological polar surface area (TPSA) is 61.5 Å². The molecule has 100 valence electrons. The molecule has 0 fully saturated rings. The van der Waals surface area contributed by atoms with Crippen LogP contribution in [0.4, 0.5) is 0 Å². The molecule has 1 aromatic rings. The molecule has 0 bridgehead atoms. The summed E-state index contributed by atoms with van der Waals surface area (Å²) in [4.78, 5) is 12.8. The molecule has 0 aliphatic heterocycles. The van der Waals surface area contributed by atoms with Crippen molar-refractivity contribution in [1.82, 2.24) is 0 Å². The van der Waals surface area contributed by atoms with Crippen LogP contribution >= 0.6 is 25.3 Å². The van der Waals surface area contributed by atoms with Crippen LogP contribution in [0.1, 0.15) is 5.56 Å². The van der Waals surface area contributed by atoms with E-state index in [0.29, 0.717) is 13.0 Å². The Morgan fingerprint density at radius 2 is 2.17 bits per heavy atom. The molecule has 0 saturated carbocycles. The fourth-order valence-corrected chi connectivity index (χ4v) is 1.87. The maximum absolute atomic E-state index is 11.0. The van der Waals surface area contributed by atoms with Crippen molar-refractivity contribution in [3.8, 4) is 0 Å². The highest BCUT2D eigenvalue weighted by Crippen LogP contribution is 2.18. The van der Waals surface area contributed by atoms with Crippen molar-refractivity contribution in [2.24, 2.45) is 5.73 Å². The standard InChI is InChI=1S/C12H17NO3S2/c1-15-12(14)10(13)7-16-5-4-8-6-9(17)2-3-11(8)18/h2-3,6,10,17-18H,4-5,7,13H2,1H3/t10-/m1/s1. The summed E-state index contributed by atoms with van der Waals surface area (Å²) in [6.45, 7) is 0.616. The van der Waals surface area contributed by atoms with Gasteiger partial charge in [0.15, 0.2) is 0 Å². The molecular formula is C12H17NO3S2. The van der Waals surface area contributed by atoms with E-state index in [1.165, 1.54) is 7.11 Å². The second-order valence-corrected chi connectivity index (χ2v) is 4.77. The first-order chi connectivity index (χ1) is 8.54. The van der Waals surface area contributed by atoms with E-state index in [0.717, 1.165) is 15.4 Å². The largest absolute Gasteiger partial charge is 0.468 e. The molecule has 0 aromatic heterocycles. The van der Waals surface area contributed by atoms with Crippen LogP contribution in [-0.4, -0.2) is 32.3 Å². The lowest BCUT2D eigenvalue weighted by Gasteiger charge is -2.10. The summed E-state index contributed by atoms with van der Waals surface area (Å²) in [7, 11) is 1.30. The zero-order valence-corrected chi connectivity index (χ0v) is 11.9. The Balaban J connectivity index is 2.34. The van der Waals surface area contributed by atoms with Crippen molar-refractivity contribution < 1.29 is 14.3 Å². The normalized spacial score (nSPS) is 12.2. The summed E-state index contributed by atoms with van der Waals surface area (Å²) in [6, 6.07) is 4.97. The van der Waals surface area contributed by atoms with Gasteiger partial charge in [-0.25, -0.2) is 0 Å². The second-order valence-electron chi connectivity index (χ2n) is 3.77. The summed E-state index contributed by atoms with van der Waals surface area (Å²) in [5, 5.41) is 0. The highest BCUT2D eigenvalue weighted by molar-refractivity contribution is 7.80. The Kier molecular flexibility index (Phi) is 6.56. The molecule has 18 heavy (non-hydrogen) atoms. The van der Waals surface area contributed by atoms with Gasteiger partial charge in [0, 0.05) is 9.79 Å². The molecule has 6 heteroatoms. The van der Waals surface area contributed by atoms with Crippen LogP contribution in [0.2, 0.25) is 0 Å². The number of hydrogen-bond acceptors (Lipinski definition) is 6. The quantitative estimate of drug-likeness (QED) is 0.419. The maximum atomic E-state index is 11.0. The van der Waals surface area contributed by atoms with Crippen LogP contribution in [0.5, 0.6) is 0 Å². The molecule has 0 aliphatic rings. The molecule has 0 spiro atoms. The lowest BCUT2D eigenvalue weighted by atomic mass is 10.1. The van der Waals surface area contributed by atoms with Crippen molar-refractivity contribution >= 4 is 31.2 Å². The van der Waals surface area contributed by atoms with Crippen molar-refractivity contribution in [3.05, 3.63) is 23.8 Å². The number of esters is 1. The minimum atomic E-state index is -0.735. The number of methoxy groups -OCH3 is 1. The van der Waals surface area contributed by atoms with E-state index >= 15 is 0 Å². The Morgan fingerprint density at radius 1 is 1.44 bits per heavy atom. The number of nitrogens with two attached hydrogens (primary N) is 1. The zero-order valence-electron chi connectivity index (χ0n) is 10.1. The fourth-order valence-electron chi connectivity index (χ4n) is 1.38. The minimum absolute atomic E-state index is 0.148. The van der Waals surface area contributed by atoms with Crippen molar-refractivity contribution in [2.45, 2.75) is 22.3 Å². The number of thiol groups is 2. The third kappa shape index (κ3) is 4.89. The van der Waals surface area contributed by atoms with E-state index in [1.54, 1.807) is 0 Å². The first kappa shape index (κ1) is 15.4. The van der Waals surface area contributed by atoms with Gasteiger partial charge in [-0.3, -0.25) is 4.79 Å². The molecule has 2 N–H and O–H groups in total. The molecular weight excluding hydrogens is 270 g/mol. The summed E-state index contributed by atoms with van der Waals surface area (Å²) < 4.78 is 9.83. The number of carbonyl (C=O) groups is 1. The third-order valence-corrected chi connectivity index (χ3v) is 3.09. The number of hydrogen-bond donors (Lipinski definition) is 3. The minimum Gasteiger partial charge on any atom is -0.468 e. The van der Waals surface area contributed by atoms with E-state index in [-0.39, 0.29) is 6.61 Å². The first-order valence-corrected chi connectivity index (χ1v) is 6.36. The molecule has 1 atom stereocenters. The Hall–Kier alpha value is -0.690. The molecule has 0 saturated heterocycles. The summed E-state index contributed by atoms with van der Waals surface area (Å²) in [5.41, 5.74) is 6.59. The average molecular weight is 287 g/mol. The van der Waals surface area contributed by atoms with Gasteiger partial charge < -0.3 is 15.2 Å². The highest BCUT2D eigenvalue weighted by Gasteiger charge is 2.13. The lowest BCUT2D eigenvalue weighted by Crippen LogP contribution is -2.36. The van der Waals surface area contributed by atoms with Gasteiger partial charge in [-0.05, 0) is 30.2 Å². The third-order valence-electron chi connectivity index (χ3n) is 2.38. The van der Waals surface area contributed by atoms with Gasteiger partial charge in [0.25, 0.3) is 0 Å². The highest BCUT2D eigenvalue weighted by atomic mass is 32.1. The zero-order chi connectivity index (χ0) is 13.5. The van der Waals surface area contributed by atoms with Crippen LogP contribution in [0.3, 0.4) is 0 Å². The molecule has 0 unspecified atom stereocenters. The fraction of sp³-hybridized carbons (Fsp3) is 0.417. The van der Waals surface area contributed by atoms with Crippen LogP contribution in [-0.2, 0) is 20.7 Å². The van der Waals surface area contributed by atoms with Gasteiger partial charge in [0.05, 0.1) is 20.3 Å². The van der Waals surface area contributed by atoms with Gasteiger partial charge in [0.1, 0.15) is 6.04 Å². The predicted molar refractivity (Wildman–Crippen MR) is 75.5 cm³/mol. The molecule has 1 aromatic carbocycles. The summed E-state index contributed by atoms with van der Waals surface area (Å²) >= 11 is 8.61.